The summed E-state index contributed by atoms with van der Waals surface area (Å²) in [6.45, 7) is 0.650. The smallest absolute Gasteiger partial charge is 0.258 e. The van der Waals surface area contributed by atoms with E-state index in [4.69, 9.17) is 15.2 Å². The van der Waals surface area contributed by atoms with Gasteiger partial charge in [-0.2, -0.15) is 0 Å². The van der Waals surface area contributed by atoms with Gasteiger partial charge >= 0.3 is 0 Å². The molecule has 0 aliphatic heterocycles. The Morgan fingerprint density at radius 3 is 2.47 bits per heavy atom. The second-order valence-corrected chi connectivity index (χ2v) is 9.10. The van der Waals surface area contributed by atoms with Gasteiger partial charge < -0.3 is 25.6 Å². The van der Waals surface area contributed by atoms with Crippen molar-refractivity contribution in [2.75, 3.05) is 13.2 Å². The van der Waals surface area contributed by atoms with Crippen molar-refractivity contribution in [2.45, 2.75) is 44.4 Å². The maximum atomic E-state index is 12.2. The highest BCUT2D eigenvalue weighted by Crippen LogP contribution is 2.36. The number of carbonyl (C=O) groups is 1. The monoisotopic (exact) mass is 510 g/mol. The van der Waals surface area contributed by atoms with Gasteiger partial charge in [0.1, 0.15) is 18.1 Å². The number of para-hydroxylation sites is 1. The largest absolute Gasteiger partial charge is 0.491 e. The molecule has 7 heteroatoms. The minimum Gasteiger partial charge on any atom is -0.491 e. The molecule has 3 aromatic rings. The number of fused-ring (bicyclic) bond motifs is 1. The van der Waals surface area contributed by atoms with E-state index in [1.807, 2.05) is 78.9 Å². The van der Waals surface area contributed by atoms with Crippen LogP contribution < -0.4 is 20.5 Å². The number of aliphatic hydroxyl groups excluding tert-OH is 1. The molecule has 4 rings (SSSR count). The number of nitrogens with two attached hydrogens (primary N) is 1. The second kappa shape index (κ2) is 13.9. The van der Waals surface area contributed by atoms with E-state index in [0.29, 0.717) is 18.7 Å². The van der Waals surface area contributed by atoms with Crippen LogP contribution in [0.4, 0.5) is 0 Å². The molecule has 192 valence electrons. The van der Waals surface area contributed by atoms with E-state index in [9.17, 15) is 9.90 Å². The molecular formula is C29H35ClN2O4. The quantitative estimate of drug-likeness (QED) is 0.347. The fourth-order valence-corrected chi connectivity index (χ4v) is 4.58. The number of nitrogens with one attached hydrogen (secondary N) is 1. The average Bonchev–Trinajstić information content (AvgIpc) is 3.04. The predicted molar refractivity (Wildman–Crippen MR) is 143 cm³/mol. The summed E-state index contributed by atoms with van der Waals surface area (Å²) in [5.74, 6) is 1.34. The molecular weight excluding hydrogens is 476 g/mol. The number of ether oxygens (including phenoxy) is 2. The summed E-state index contributed by atoms with van der Waals surface area (Å²) in [5.41, 5.74) is 9.98. The fourth-order valence-electron chi connectivity index (χ4n) is 4.58. The number of amides is 1. The first-order valence-electron chi connectivity index (χ1n) is 12.3. The number of benzene rings is 3. The molecule has 36 heavy (non-hydrogen) atoms. The third-order valence-electron chi connectivity index (χ3n) is 6.47. The van der Waals surface area contributed by atoms with Crippen molar-refractivity contribution in [1.29, 1.82) is 0 Å². The molecule has 1 amide bonds. The molecule has 0 saturated heterocycles. The number of rotatable bonds is 10. The first-order chi connectivity index (χ1) is 17.1. The van der Waals surface area contributed by atoms with Gasteiger partial charge in [0.2, 0.25) is 0 Å². The summed E-state index contributed by atoms with van der Waals surface area (Å²) in [7, 11) is 0. The van der Waals surface area contributed by atoms with Crippen molar-refractivity contribution in [2.24, 2.45) is 11.7 Å². The molecule has 0 fully saturated rings. The van der Waals surface area contributed by atoms with Crippen molar-refractivity contribution in [3.8, 4) is 11.5 Å². The van der Waals surface area contributed by atoms with Crippen molar-refractivity contribution in [3.63, 3.8) is 0 Å². The zero-order valence-electron chi connectivity index (χ0n) is 20.3. The van der Waals surface area contributed by atoms with Gasteiger partial charge in [-0.15, -0.1) is 12.4 Å². The minimum absolute atomic E-state index is 0. The molecule has 0 radical (unpaired) electrons. The molecule has 3 aromatic carbocycles. The van der Waals surface area contributed by atoms with Gasteiger partial charge in [-0.3, -0.25) is 4.79 Å². The highest BCUT2D eigenvalue weighted by molar-refractivity contribution is 5.85. The van der Waals surface area contributed by atoms with Gasteiger partial charge in [0.25, 0.3) is 5.91 Å². The molecule has 0 heterocycles. The van der Waals surface area contributed by atoms with Crippen LogP contribution in [-0.4, -0.2) is 30.3 Å². The van der Waals surface area contributed by atoms with Gasteiger partial charge in [0.15, 0.2) is 6.61 Å². The van der Waals surface area contributed by atoms with E-state index in [1.54, 1.807) is 0 Å². The summed E-state index contributed by atoms with van der Waals surface area (Å²) in [4.78, 5) is 12.2. The molecule has 6 nitrogen and oxygen atoms in total. The summed E-state index contributed by atoms with van der Waals surface area (Å²) in [5, 5.41) is 13.5. The van der Waals surface area contributed by atoms with Crippen LogP contribution in [0.1, 0.15) is 42.0 Å². The van der Waals surface area contributed by atoms with Crippen LogP contribution in [0.3, 0.4) is 0 Å². The zero-order chi connectivity index (χ0) is 24.5. The Bertz CT molecular complexity index is 1080. The molecule has 2 unspecified atom stereocenters. The van der Waals surface area contributed by atoms with E-state index in [-0.39, 0.29) is 43.5 Å². The minimum atomic E-state index is -0.597. The Morgan fingerprint density at radius 2 is 1.72 bits per heavy atom. The Kier molecular flexibility index (Phi) is 10.6. The summed E-state index contributed by atoms with van der Waals surface area (Å²) in [6, 6.07) is 25.0. The third-order valence-corrected chi connectivity index (χ3v) is 6.47. The maximum Gasteiger partial charge on any atom is 0.258 e. The van der Waals surface area contributed by atoms with Crippen LogP contribution in [0.2, 0.25) is 0 Å². The molecule has 1 aliphatic carbocycles. The number of hydrogen-bond acceptors (Lipinski definition) is 5. The second-order valence-electron chi connectivity index (χ2n) is 9.10. The van der Waals surface area contributed by atoms with Crippen molar-refractivity contribution >= 4 is 18.3 Å². The Hall–Kier alpha value is -3.06. The van der Waals surface area contributed by atoms with E-state index < -0.39 is 6.10 Å². The molecule has 4 N–H and O–H groups in total. The Balaban J connectivity index is 0.00000361. The first-order valence-corrected chi connectivity index (χ1v) is 12.3. The van der Waals surface area contributed by atoms with E-state index in [1.165, 1.54) is 5.56 Å². The number of carbonyl (C=O) groups excluding carboxylic acids is 1. The van der Waals surface area contributed by atoms with Crippen molar-refractivity contribution in [3.05, 3.63) is 95.6 Å². The van der Waals surface area contributed by atoms with Gasteiger partial charge in [-0.25, -0.2) is 0 Å². The van der Waals surface area contributed by atoms with Crippen molar-refractivity contribution in [1.82, 2.24) is 5.32 Å². The summed E-state index contributed by atoms with van der Waals surface area (Å²) >= 11 is 0. The van der Waals surface area contributed by atoms with E-state index in [0.717, 1.165) is 36.1 Å². The van der Waals surface area contributed by atoms with Crippen LogP contribution in [0, 0.1) is 5.92 Å². The van der Waals surface area contributed by atoms with Crippen LogP contribution in [0.25, 0.3) is 0 Å². The highest BCUT2D eigenvalue weighted by Gasteiger charge is 2.27. The number of aliphatic hydroxyl groups is 1. The lowest BCUT2D eigenvalue weighted by Crippen LogP contribution is -2.29. The number of hydrogen-bond donors (Lipinski definition) is 3. The third kappa shape index (κ3) is 7.98. The lowest BCUT2D eigenvalue weighted by molar-refractivity contribution is -0.123. The number of aryl methyl sites for hydroxylation is 1. The lowest BCUT2D eigenvalue weighted by Gasteiger charge is -2.25. The van der Waals surface area contributed by atoms with Crippen LogP contribution in [0.5, 0.6) is 11.5 Å². The normalized spacial score (nSPS) is 17.6. The van der Waals surface area contributed by atoms with Gasteiger partial charge in [0, 0.05) is 12.6 Å². The predicted octanol–water partition coefficient (Wildman–Crippen LogP) is 4.59. The highest BCUT2D eigenvalue weighted by atomic mass is 35.5. The molecule has 0 spiro atoms. The molecule has 0 saturated carbocycles. The van der Waals surface area contributed by atoms with Gasteiger partial charge in [-0.05, 0) is 72.6 Å². The molecule has 0 aromatic heterocycles. The summed E-state index contributed by atoms with van der Waals surface area (Å²) < 4.78 is 11.5. The van der Waals surface area contributed by atoms with Crippen molar-refractivity contribution < 1.29 is 19.4 Å². The Labute approximate surface area is 219 Å². The Morgan fingerprint density at radius 1 is 1.00 bits per heavy atom. The van der Waals surface area contributed by atoms with Crippen LogP contribution in [-0.2, 0) is 17.8 Å². The summed E-state index contributed by atoms with van der Waals surface area (Å²) in [6.07, 6.45) is 2.87. The SMILES string of the molecule is Cl.NC1c2cc(OCC(=O)NCc3ccccc3)ccc2CCCC1C[C@H](O)COc1ccccc1. The van der Waals surface area contributed by atoms with Crippen LogP contribution >= 0.6 is 12.4 Å². The van der Waals surface area contributed by atoms with E-state index in [2.05, 4.69) is 5.32 Å². The lowest BCUT2D eigenvalue weighted by atomic mass is 9.87. The van der Waals surface area contributed by atoms with E-state index >= 15 is 0 Å². The number of halogens is 1. The first kappa shape index (κ1) is 27.5. The molecule has 1 aliphatic rings. The molecule has 0 bridgehead atoms. The molecule has 3 atom stereocenters. The fraction of sp³-hybridized carbons (Fsp3) is 0.345. The maximum absolute atomic E-state index is 12.2. The topological polar surface area (TPSA) is 93.8 Å². The average molecular weight is 511 g/mol. The zero-order valence-corrected chi connectivity index (χ0v) is 21.2. The van der Waals surface area contributed by atoms with Crippen LogP contribution in [0.15, 0.2) is 78.9 Å². The van der Waals surface area contributed by atoms with Gasteiger partial charge in [-0.1, -0.05) is 54.6 Å². The standard InChI is InChI=1S/C29H34N2O4.ClH/c30-29-23(16-24(32)19-34-25-12-5-2-6-13-25)11-7-10-22-14-15-26(17-27(22)29)35-20-28(33)31-18-21-8-3-1-4-9-21;/h1-6,8-9,12-15,17,23-24,29,32H,7,10-11,16,18-20,30H2,(H,31,33);1H/t23?,24-,29?;/m0./s1. The van der Waals surface area contributed by atoms with Gasteiger partial charge in [0.05, 0.1) is 6.10 Å².